The lowest BCUT2D eigenvalue weighted by atomic mass is 10.0. The van der Waals surface area contributed by atoms with Gasteiger partial charge in [0.1, 0.15) is 18.2 Å². The van der Waals surface area contributed by atoms with E-state index in [-0.39, 0.29) is 12.4 Å². The number of pyridine rings is 1. The van der Waals surface area contributed by atoms with Crippen LogP contribution < -0.4 is 9.47 Å². The number of aryl methyl sites for hydroxylation is 1. The van der Waals surface area contributed by atoms with E-state index in [1.807, 2.05) is 31.2 Å². The monoisotopic (exact) mass is 461 g/mol. The molecule has 1 aromatic heterocycles. The van der Waals surface area contributed by atoms with Crippen LogP contribution in [0.4, 0.5) is 4.39 Å². The molecule has 2 aliphatic rings. The van der Waals surface area contributed by atoms with Gasteiger partial charge in [0.25, 0.3) is 0 Å². The fourth-order valence-corrected chi connectivity index (χ4v) is 4.81. The molecule has 0 radical (unpaired) electrons. The van der Waals surface area contributed by atoms with Crippen LogP contribution in [0.3, 0.4) is 0 Å². The Morgan fingerprint density at radius 1 is 1.03 bits per heavy atom. The van der Waals surface area contributed by atoms with E-state index in [4.69, 9.17) is 9.47 Å². The molecule has 0 bridgehead atoms. The molecule has 1 saturated carbocycles. The predicted octanol–water partition coefficient (Wildman–Crippen LogP) is 6.19. The van der Waals surface area contributed by atoms with Crippen molar-refractivity contribution in [2.45, 2.75) is 64.6 Å². The van der Waals surface area contributed by atoms with E-state index in [1.54, 1.807) is 6.07 Å². The summed E-state index contributed by atoms with van der Waals surface area (Å²) in [5.74, 6) is 1.75. The lowest BCUT2D eigenvalue weighted by Gasteiger charge is -2.13. The average Bonchev–Trinajstić information content (AvgIpc) is 3.43. The average molecular weight is 462 g/mol. The lowest BCUT2D eigenvalue weighted by molar-refractivity contribution is 0.129. The zero-order chi connectivity index (χ0) is 23.7. The molecule has 0 amide bonds. The molecule has 0 spiro atoms. The van der Waals surface area contributed by atoms with Crippen molar-refractivity contribution in [3.8, 4) is 22.8 Å². The standard InChI is InChI=1S/C29H32FNO3/c1-19-14-21-4-6-25(17-23(21)15-19)34-18-24-16-22(5-8-27(24)30)26-7-9-28(31-20(26)2)33-13-3-10-29(32)11-12-29/h4-9,16-17,19,32H,3,10-15,18H2,1-2H3/t19-/m1/s1. The Labute approximate surface area is 200 Å². The molecule has 1 atom stereocenters. The Bertz CT molecular complexity index is 1190. The minimum Gasteiger partial charge on any atom is -0.489 e. The summed E-state index contributed by atoms with van der Waals surface area (Å²) in [4.78, 5) is 4.57. The van der Waals surface area contributed by atoms with Crippen molar-refractivity contribution in [3.05, 3.63) is 76.7 Å². The number of benzene rings is 2. The van der Waals surface area contributed by atoms with Crippen LogP contribution in [0.1, 0.15) is 55.0 Å². The fraction of sp³-hybridized carbons (Fsp3) is 0.414. The number of hydrogen-bond acceptors (Lipinski definition) is 4. The molecule has 0 aliphatic heterocycles. The van der Waals surface area contributed by atoms with Crippen LogP contribution in [0.5, 0.6) is 11.6 Å². The van der Waals surface area contributed by atoms with Gasteiger partial charge in [0, 0.05) is 22.9 Å². The summed E-state index contributed by atoms with van der Waals surface area (Å²) in [7, 11) is 0. The van der Waals surface area contributed by atoms with Crippen LogP contribution in [0.25, 0.3) is 11.1 Å². The molecule has 1 fully saturated rings. The molecule has 34 heavy (non-hydrogen) atoms. The molecule has 1 N–H and O–H groups in total. The van der Waals surface area contributed by atoms with Crippen molar-refractivity contribution in [3.63, 3.8) is 0 Å². The number of nitrogens with zero attached hydrogens (tertiary/aromatic N) is 1. The Kier molecular flexibility index (Phi) is 6.30. The highest BCUT2D eigenvalue weighted by Crippen LogP contribution is 2.39. The third-order valence-electron chi connectivity index (χ3n) is 6.99. The maximum atomic E-state index is 14.6. The van der Waals surface area contributed by atoms with Gasteiger partial charge in [-0.05, 0) is 98.4 Å². The van der Waals surface area contributed by atoms with Crippen LogP contribution in [0, 0.1) is 18.7 Å². The number of aromatic nitrogens is 1. The predicted molar refractivity (Wildman–Crippen MR) is 131 cm³/mol. The largest absolute Gasteiger partial charge is 0.489 e. The van der Waals surface area contributed by atoms with E-state index >= 15 is 0 Å². The first-order valence-corrected chi connectivity index (χ1v) is 12.2. The van der Waals surface area contributed by atoms with Gasteiger partial charge >= 0.3 is 0 Å². The molecule has 2 aromatic carbocycles. The minimum absolute atomic E-state index is 0.175. The lowest BCUT2D eigenvalue weighted by Crippen LogP contribution is -2.09. The van der Waals surface area contributed by atoms with Crippen LogP contribution in [0.2, 0.25) is 0 Å². The second-order valence-electron chi connectivity index (χ2n) is 10.00. The molecular formula is C29H32FNO3. The molecule has 0 unspecified atom stereocenters. The number of hydrogen-bond donors (Lipinski definition) is 1. The van der Waals surface area contributed by atoms with Crippen molar-refractivity contribution in [1.29, 1.82) is 0 Å². The van der Waals surface area contributed by atoms with Gasteiger partial charge in [0.15, 0.2) is 0 Å². The van der Waals surface area contributed by atoms with Gasteiger partial charge in [-0.25, -0.2) is 9.37 Å². The molecule has 4 nitrogen and oxygen atoms in total. The summed E-state index contributed by atoms with van der Waals surface area (Å²) < 4.78 is 26.3. The van der Waals surface area contributed by atoms with E-state index in [0.717, 1.165) is 61.1 Å². The normalized spacial score (nSPS) is 17.9. The summed E-state index contributed by atoms with van der Waals surface area (Å²) in [5.41, 5.74) is 5.46. The van der Waals surface area contributed by atoms with Gasteiger partial charge < -0.3 is 14.6 Å². The Morgan fingerprint density at radius 2 is 1.85 bits per heavy atom. The Balaban J connectivity index is 1.23. The minimum atomic E-state index is -0.445. The highest BCUT2D eigenvalue weighted by molar-refractivity contribution is 5.67. The van der Waals surface area contributed by atoms with E-state index in [2.05, 4.69) is 24.0 Å². The summed E-state index contributed by atoms with van der Waals surface area (Å²) in [6.07, 6.45) is 5.57. The number of ether oxygens (including phenoxy) is 2. The molecule has 178 valence electrons. The maximum Gasteiger partial charge on any atom is 0.213 e. The van der Waals surface area contributed by atoms with E-state index in [0.29, 0.717) is 24.0 Å². The van der Waals surface area contributed by atoms with Crippen molar-refractivity contribution < 1.29 is 19.0 Å². The summed E-state index contributed by atoms with van der Waals surface area (Å²) in [5, 5.41) is 9.92. The van der Waals surface area contributed by atoms with E-state index in [9.17, 15) is 9.50 Å². The highest BCUT2D eigenvalue weighted by Gasteiger charge is 2.39. The maximum absolute atomic E-state index is 14.6. The zero-order valence-electron chi connectivity index (χ0n) is 19.9. The second-order valence-corrected chi connectivity index (χ2v) is 10.00. The third-order valence-corrected chi connectivity index (χ3v) is 6.99. The van der Waals surface area contributed by atoms with Crippen LogP contribution in [0.15, 0.2) is 48.5 Å². The molecule has 5 rings (SSSR count). The van der Waals surface area contributed by atoms with Crippen molar-refractivity contribution in [1.82, 2.24) is 4.98 Å². The van der Waals surface area contributed by atoms with Crippen LogP contribution in [-0.2, 0) is 19.4 Å². The fourth-order valence-electron chi connectivity index (χ4n) is 4.81. The summed E-state index contributed by atoms with van der Waals surface area (Å²) >= 11 is 0. The second kappa shape index (κ2) is 9.38. The molecule has 2 aliphatic carbocycles. The topological polar surface area (TPSA) is 51.6 Å². The van der Waals surface area contributed by atoms with Gasteiger partial charge in [0.05, 0.1) is 12.2 Å². The molecule has 0 saturated heterocycles. The molecule has 1 heterocycles. The number of aliphatic hydroxyl groups is 1. The van der Waals surface area contributed by atoms with Crippen molar-refractivity contribution in [2.75, 3.05) is 6.61 Å². The smallest absolute Gasteiger partial charge is 0.213 e. The zero-order valence-corrected chi connectivity index (χ0v) is 19.9. The quantitative estimate of drug-likeness (QED) is 0.386. The molecular weight excluding hydrogens is 429 g/mol. The molecule has 3 aromatic rings. The van der Waals surface area contributed by atoms with Gasteiger partial charge in [-0.3, -0.25) is 0 Å². The Hall–Kier alpha value is -2.92. The number of fused-ring (bicyclic) bond motifs is 1. The van der Waals surface area contributed by atoms with Crippen molar-refractivity contribution >= 4 is 0 Å². The molecule has 5 heteroatoms. The van der Waals surface area contributed by atoms with Crippen LogP contribution >= 0.6 is 0 Å². The number of rotatable bonds is 9. The summed E-state index contributed by atoms with van der Waals surface area (Å²) in [6, 6.07) is 15.1. The SMILES string of the molecule is Cc1nc(OCCCC2(O)CC2)ccc1-c1ccc(F)c(COc2ccc3c(c2)C[C@H](C)C3)c1. The van der Waals surface area contributed by atoms with Gasteiger partial charge in [0.2, 0.25) is 5.88 Å². The van der Waals surface area contributed by atoms with E-state index < -0.39 is 5.60 Å². The van der Waals surface area contributed by atoms with Crippen LogP contribution in [-0.4, -0.2) is 22.3 Å². The van der Waals surface area contributed by atoms with E-state index in [1.165, 1.54) is 17.2 Å². The summed E-state index contributed by atoms with van der Waals surface area (Å²) in [6.45, 7) is 4.90. The first-order valence-electron chi connectivity index (χ1n) is 12.2. The first kappa shape index (κ1) is 22.9. The third kappa shape index (κ3) is 5.25. The van der Waals surface area contributed by atoms with Gasteiger partial charge in [-0.15, -0.1) is 0 Å². The Morgan fingerprint density at radius 3 is 2.65 bits per heavy atom. The highest BCUT2D eigenvalue weighted by atomic mass is 19.1. The van der Waals surface area contributed by atoms with Gasteiger partial charge in [-0.2, -0.15) is 0 Å². The first-order chi connectivity index (χ1) is 16.4. The number of halogens is 1. The van der Waals surface area contributed by atoms with Crippen molar-refractivity contribution in [2.24, 2.45) is 5.92 Å². The van der Waals surface area contributed by atoms with Gasteiger partial charge in [-0.1, -0.05) is 19.1 Å².